The molecule has 0 unspecified atom stereocenters. The summed E-state index contributed by atoms with van der Waals surface area (Å²) in [5.74, 6) is -0.160. The number of ketones is 1. The molecule has 0 fully saturated rings. The molecule has 0 bridgehead atoms. The third-order valence-corrected chi connectivity index (χ3v) is 3.90. The summed E-state index contributed by atoms with van der Waals surface area (Å²) in [5, 5.41) is 7.39. The highest BCUT2D eigenvalue weighted by molar-refractivity contribution is 7.80. The first-order chi connectivity index (χ1) is 10.5. The SMILES string of the molecule is O=C(CNC(=S)Nc1cc(Cl)ccc1Cl)c1ccccc1Cl. The maximum Gasteiger partial charge on any atom is 0.183 e. The van der Waals surface area contributed by atoms with Gasteiger partial charge in [-0.05, 0) is 42.5 Å². The Hall–Kier alpha value is -1.33. The van der Waals surface area contributed by atoms with E-state index in [1.54, 1.807) is 42.5 Å². The van der Waals surface area contributed by atoms with Gasteiger partial charge in [-0.25, -0.2) is 0 Å². The van der Waals surface area contributed by atoms with E-state index in [4.69, 9.17) is 47.0 Å². The molecule has 114 valence electrons. The number of Topliss-reactive ketones (excluding diaryl/α,β-unsaturated/α-hetero) is 1. The molecule has 2 N–H and O–H groups in total. The fourth-order valence-electron chi connectivity index (χ4n) is 1.70. The lowest BCUT2D eigenvalue weighted by Gasteiger charge is -2.12. The van der Waals surface area contributed by atoms with Crippen molar-refractivity contribution < 1.29 is 4.79 Å². The Bertz CT molecular complexity index is 722. The summed E-state index contributed by atoms with van der Waals surface area (Å²) in [5.41, 5.74) is 1.01. The Balaban J connectivity index is 1.94. The standard InChI is InChI=1S/C15H11Cl3N2OS/c16-9-5-6-12(18)13(7-9)20-15(22)19-8-14(21)10-3-1-2-4-11(10)17/h1-7H,8H2,(H2,19,20,22). The maximum atomic E-state index is 12.1. The summed E-state index contributed by atoms with van der Waals surface area (Å²) in [6, 6.07) is 11.8. The second-order valence-corrected chi connectivity index (χ2v) is 5.99. The zero-order chi connectivity index (χ0) is 16.1. The predicted molar refractivity (Wildman–Crippen MR) is 96.5 cm³/mol. The number of hydrogen-bond donors (Lipinski definition) is 2. The Morgan fingerprint density at radius 3 is 2.50 bits per heavy atom. The molecule has 3 nitrogen and oxygen atoms in total. The van der Waals surface area contributed by atoms with Crippen LogP contribution in [0, 0.1) is 0 Å². The zero-order valence-electron chi connectivity index (χ0n) is 11.2. The Morgan fingerprint density at radius 2 is 1.77 bits per heavy atom. The molecule has 0 saturated heterocycles. The number of thiocarbonyl (C=S) groups is 1. The van der Waals surface area contributed by atoms with Crippen molar-refractivity contribution in [2.45, 2.75) is 0 Å². The Labute approximate surface area is 148 Å². The van der Waals surface area contributed by atoms with Crippen LogP contribution in [0.3, 0.4) is 0 Å². The van der Waals surface area contributed by atoms with Crippen molar-refractivity contribution in [2.75, 3.05) is 11.9 Å². The van der Waals surface area contributed by atoms with Crippen LogP contribution in [0.5, 0.6) is 0 Å². The van der Waals surface area contributed by atoms with E-state index >= 15 is 0 Å². The van der Waals surface area contributed by atoms with Crippen LogP contribution in [-0.2, 0) is 0 Å². The van der Waals surface area contributed by atoms with Crippen LogP contribution in [0.4, 0.5) is 5.69 Å². The van der Waals surface area contributed by atoms with Crippen LogP contribution < -0.4 is 10.6 Å². The summed E-state index contributed by atoms with van der Waals surface area (Å²) in [7, 11) is 0. The highest BCUT2D eigenvalue weighted by Crippen LogP contribution is 2.25. The highest BCUT2D eigenvalue weighted by Gasteiger charge is 2.10. The molecule has 0 heterocycles. The smallest absolute Gasteiger partial charge is 0.183 e. The van der Waals surface area contributed by atoms with E-state index in [0.717, 1.165) is 0 Å². The van der Waals surface area contributed by atoms with Gasteiger partial charge in [-0.15, -0.1) is 0 Å². The van der Waals surface area contributed by atoms with E-state index in [1.807, 2.05) is 0 Å². The molecule has 0 saturated carbocycles. The number of nitrogens with one attached hydrogen (secondary N) is 2. The molecule has 0 aliphatic heterocycles. The van der Waals surface area contributed by atoms with Crippen molar-refractivity contribution in [3.05, 3.63) is 63.1 Å². The molecule has 2 aromatic rings. The number of anilines is 1. The first-order valence-corrected chi connectivity index (χ1v) is 7.79. The van der Waals surface area contributed by atoms with Crippen LogP contribution in [0.2, 0.25) is 15.1 Å². The minimum Gasteiger partial charge on any atom is -0.355 e. The van der Waals surface area contributed by atoms with E-state index in [9.17, 15) is 4.79 Å². The molecule has 0 aromatic heterocycles. The van der Waals surface area contributed by atoms with Gasteiger partial charge in [-0.2, -0.15) is 0 Å². The summed E-state index contributed by atoms with van der Waals surface area (Å²) in [6.45, 7) is 0.0216. The normalized spacial score (nSPS) is 10.1. The molecular weight excluding hydrogens is 363 g/mol. The molecule has 2 aromatic carbocycles. The first-order valence-electron chi connectivity index (χ1n) is 6.25. The zero-order valence-corrected chi connectivity index (χ0v) is 14.3. The lowest BCUT2D eigenvalue weighted by Crippen LogP contribution is -2.33. The maximum absolute atomic E-state index is 12.1. The first kappa shape index (κ1) is 17.0. The van der Waals surface area contributed by atoms with Gasteiger partial charge in [-0.1, -0.05) is 46.9 Å². The van der Waals surface area contributed by atoms with Crippen LogP contribution in [0.15, 0.2) is 42.5 Å². The largest absolute Gasteiger partial charge is 0.355 e. The molecule has 22 heavy (non-hydrogen) atoms. The van der Waals surface area contributed by atoms with Crippen molar-refractivity contribution in [1.29, 1.82) is 0 Å². The second kappa shape index (κ2) is 7.79. The Morgan fingerprint density at radius 1 is 1.05 bits per heavy atom. The van der Waals surface area contributed by atoms with Gasteiger partial charge in [0.1, 0.15) is 0 Å². The summed E-state index contributed by atoms with van der Waals surface area (Å²) < 4.78 is 0. The number of halogens is 3. The van der Waals surface area contributed by atoms with Gasteiger partial charge in [0.2, 0.25) is 0 Å². The third-order valence-electron chi connectivity index (χ3n) is 2.76. The van der Waals surface area contributed by atoms with Gasteiger partial charge in [0, 0.05) is 10.6 Å². The predicted octanol–water partition coefficient (Wildman–Crippen LogP) is 4.82. The van der Waals surface area contributed by atoms with Gasteiger partial charge in [0.15, 0.2) is 10.9 Å². The topological polar surface area (TPSA) is 41.1 Å². The van der Waals surface area contributed by atoms with Gasteiger partial charge in [-0.3, -0.25) is 4.79 Å². The van der Waals surface area contributed by atoms with Gasteiger partial charge in [0.05, 0.1) is 22.3 Å². The average molecular weight is 374 g/mol. The lowest BCUT2D eigenvalue weighted by atomic mass is 10.1. The average Bonchev–Trinajstić information content (AvgIpc) is 2.49. The fraction of sp³-hybridized carbons (Fsp3) is 0.0667. The number of rotatable bonds is 4. The summed E-state index contributed by atoms with van der Waals surface area (Å²) in [6.07, 6.45) is 0. The van der Waals surface area contributed by atoms with Gasteiger partial charge in [0.25, 0.3) is 0 Å². The summed E-state index contributed by atoms with van der Waals surface area (Å²) >= 11 is 23.0. The monoisotopic (exact) mass is 372 g/mol. The van der Waals surface area contributed by atoms with E-state index in [1.165, 1.54) is 0 Å². The van der Waals surface area contributed by atoms with Gasteiger partial charge >= 0.3 is 0 Å². The van der Waals surface area contributed by atoms with Crippen molar-refractivity contribution in [2.24, 2.45) is 0 Å². The van der Waals surface area contributed by atoms with E-state index in [0.29, 0.717) is 26.3 Å². The number of benzene rings is 2. The Kier molecular flexibility index (Phi) is 6.03. The van der Waals surface area contributed by atoms with Crippen LogP contribution >= 0.6 is 47.0 Å². The lowest BCUT2D eigenvalue weighted by molar-refractivity contribution is 0.0997. The van der Waals surface area contributed by atoms with Crippen molar-refractivity contribution >= 4 is 63.6 Å². The molecule has 0 atom stereocenters. The van der Waals surface area contributed by atoms with E-state index in [2.05, 4.69) is 10.6 Å². The fourth-order valence-corrected chi connectivity index (χ4v) is 2.46. The van der Waals surface area contributed by atoms with Gasteiger partial charge < -0.3 is 10.6 Å². The molecular formula is C15H11Cl3N2OS. The third kappa shape index (κ3) is 4.58. The van der Waals surface area contributed by atoms with Crippen molar-refractivity contribution in [3.63, 3.8) is 0 Å². The number of carbonyl (C=O) groups is 1. The van der Waals surface area contributed by atoms with Crippen LogP contribution in [0.1, 0.15) is 10.4 Å². The minimum atomic E-state index is -0.160. The molecule has 0 aliphatic rings. The van der Waals surface area contributed by atoms with Crippen LogP contribution in [0.25, 0.3) is 0 Å². The van der Waals surface area contributed by atoms with Crippen LogP contribution in [-0.4, -0.2) is 17.4 Å². The molecule has 0 amide bonds. The number of carbonyl (C=O) groups excluding carboxylic acids is 1. The van der Waals surface area contributed by atoms with E-state index < -0.39 is 0 Å². The van der Waals surface area contributed by atoms with E-state index in [-0.39, 0.29) is 17.4 Å². The highest BCUT2D eigenvalue weighted by atomic mass is 35.5. The molecule has 0 aliphatic carbocycles. The summed E-state index contributed by atoms with van der Waals surface area (Å²) in [4.78, 5) is 12.1. The van der Waals surface area contributed by atoms with Crippen molar-refractivity contribution in [1.82, 2.24) is 5.32 Å². The molecule has 7 heteroatoms. The molecule has 2 rings (SSSR count). The number of hydrogen-bond acceptors (Lipinski definition) is 2. The second-order valence-electron chi connectivity index (χ2n) is 4.33. The minimum absolute atomic E-state index is 0.0216. The quantitative estimate of drug-likeness (QED) is 0.596. The molecule has 0 spiro atoms. The molecule has 0 radical (unpaired) electrons. The van der Waals surface area contributed by atoms with Crippen molar-refractivity contribution in [3.8, 4) is 0 Å².